The molecule has 1 atom stereocenters. The first-order chi connectivity index (χ1) is 9.81. The summed E-state index contributed by atoms with van der Waals surface area (Å²) >= 11 is 11.9. The van der Waals surface area contributed by atoms with Gasteiger partial charge in [0, 0.05) is 12.1 Å². The first-order valence-electron chi connectivity index (χ1n) is 6.45. The van der Waals surface area contributed by atoms with Crippen molar-refractivity contribution < 1.29 is 14.7 Å². The number of carbonyl (C=O) groups excluding carboxylic acids is 1. The molecule has 1 aromatic carbocycles. The van der Waals surface area contributed by atoms with E-state index in [2.05, 4.69) is 5.32 Å². The maximum Gasteiger partial charge on any atom is 0.305 e. The van der Waals surface area contributed by atoms with Crippen molar-refractivity contribution in [3.63, 3.8) is 0 Å². The minimum absolute atomic E-state index is 0.0215. The molecule has 6 heteroatoms. The third-order valence-electron chi connectivity index (χ3n) is 2.92. The summed E-state index contributed by atoms with van der Waals surface area (Å²) in [5, 5.41) is 12.3. The molecule has 0 bridgehead atoms. The van der Waals surface area contributed by atoms with E-state index in [-0.39, 0.29) is 18.2 Å². The number of halogens is 2. The zero-order chi connectivity index (χ0) is 16.0. The highest BCUT2D eigenvalue weighted by molar-refractivity contribution is 6.42. The number of rotatable bonds is 6. The quantitative estimate of drug-likeness (QED) is 0.783. The van der Waals surface area contributed by atoms with E-state index in [4.69, 9.17) is 28.3 Å². The van der Waals surface area contributed by atoms with Crippen molar-refractivity contribution >= 4 is 41.2 Å². The maximum absolute atomic E-state index is 11.8. The normalized spacial score (nSPS) is 12.6. The fourth-order valence-electron chi connectivity index (χ4n) is 1.69. The Morgan fingerprint density at radius 3 is 2.57 bits per heavy atom. The molecule has 0 spiro atoms. The lowest BCUT2D eigenvalue weighted by Crippen LogP contribution is -2.39. The van der Waals surface area contributed by atoms with E-state index in [9.17, 15) is 9.59 Å². The topological polar surface area (TPSA) is 66.4 Å². The number of carbonyl (C=O) groups is 2. The summed E-state index contributed by atoms with van der Waals surface area (Å²) in [7, 11) is 0. The first kappa shape index (κ1) is 17.5. The van der Waals surface area contributed by atoms with Gasteiger partial charge in [-0.2, -0.15) is 0 Å². The van der Waals surface area contributed by atoms with E-state index in [1.165, 1.54) is 6.08 Å². The molecule has 0 aromatic heterocycles. The molecule has 0 heterocycles. The van der Waals surface area contributed by atoms with Crippen LogP contribution in [0.1, 0.15) is 25.8 Å². The Kier molecular flexibility index (Phi) is 6.72. The Balaban J connectivity index is 2.73. The molecular formula is C15H17Cl2NO3. The van der Waals surface area contributed by atoms with Crippen LogP contribution in [0.5, 0.6) is 0 Å². The van der Waals surface area contributed by atoms with Crippen molar-refractivity contribution in [1.82, 2.24) is 5.32 Å². The molecular weight excluding hydrogens is 313 g/mol. The van der Waals surface area contributed by atoms with E-state index < -0.39 is 12.0 Å². The monoisotopic (exact) mass is 329 g/mol. The zero-order valence-electron chi connectivity index (χ0n) is 11.8. The van der Waals surface area contributed by atoms with E-state index in [1.54, 1.807) is 24.3 Å². The fourth-order valence-corrected chi connectivity index (χ4v) is 2.06. The van der Waals surface area contributed by atoms with Crippen molar-refractivity contribution in [3.05, 3.63) is 39.9 Å². The molecule has 1 rings (SSSR count). The minimum atomic E-state index is -0.948. The van der Waals surface area contributed by atoms with Crippen molar-refractivity contribution in [3.8, 4) is 0 Å². The lowest BCUT2D eigenvalue weighted by molar-refractivity contribution is -0.138. The number of amides is 1. The Bertz CT molecular complexity index is 556. The molecule has 1 unspecified atom stereocenters. The lowest BCUT2D eigenvalue weighted by atomic mass is 10.0. The van der Waals surface area contributed by atoms with Gasteiger partial charge < -0.3 is 10.4 Å². The molecule has 4 nitrogen and oxygen atoms in total. The van der Waals surface area contributed by atoms with Crippen molar-refractivity contribution in [2.24, 2.45) is 5.92 Å². The first-order valence-corrected chi connectivity index (χ1v) is 7.21. The number of benzene rings is 1. The average molecular weight is 330 g/mol. The van der Waals surface area contributed by atoms with Gasteiger partial charge in [0.1, 0.15) is 0 Å². The summed E-state index contributed by atoms with van der Waals surface area (Å²) in [6.45, 7) is 3.71. The van der Waals surface area contributed by atoms with Crippen LogP contribution in [0.4, 0.5) is 0 Å². The summed E-state index contributed by atoms with van der Waals surface area (Å²) in [5.41, 5.74) is 0.624. The van der Waals surface area contributed by atoms with E-state index in [1.807, 2.05) is 13.8 Å². The number of hydrogen-bond acceptors (Lipinski definition) is 2. The molecule has 0 saturated heterocycles. The molecule has 114 valence electrons. The van der Waals surface area contributed by atoms with Crippen LogP contribution in [0.2, 0.25) is 10.0 Å². The molecule has 0 aliphatic carbocycles. The molecule has 0 aliphatic rings. The largest absolute Gasteiger partial charge is 0.481 e. The van der Waals surface area contributed by atoms with Crippen LogP contribution in [-0.4, -0.2) is 23.0 Å². The smallest absolute Gasteiger partial charge is 0.305 e. The fraction of sp³-hybridized carbons (Fsp3) is 0.333. The molecule has 21 heavy (non-hydrogen) atoms. The standard InChI is InChI=1S/C15H17Cl2NO3/c1-9(2)12(8-14(20)21)18-13(19)7-6-10-4-3-5-11(16)15(10)17/h3-7,9,12H,8H2,1-2H3,(H,18,19)(H,20,21)/b7-6+. The summed E-state index contributed by atoms with van der Waals surface area (Å²) in [4.78, 5) is 22.6. The Hall–Kier alpha value is -1.52. The number of aliphatic carboxylic acids is 1. The van der Waals surface area contributed by atoms with E-state index in [0.717, 1.165) is 0 Å². The Labute approximate surface area is 133 Å². The summed E-state index contributed by atoms with van der Waals surface area (Å²) in [6, 6.07) is 4.69. The van der Waals surface area contributed by atoms with Gasteiger partial charge in [-0.15, -0.1) is 0 Å². The Morgan fingerprint density at radius 2 is 2.00 bits per heavy atom. The van der Waals surface area contributed by atoms with Crippen LogP contribution in [0.25, 0.3) is 6.08 Å². The predicted molar refractivity (Wildman–Crippen MR) is 84.5 cm³/mol. The number of nitrogens with one attached hydrogen (secondary N) is 1. The van der Waals surface area contributed by atoms with Gasteiger partial charge in [0.05, 0.1) is 16.5 Å². The lowest BCUT2D eigenvalue weighted by Gasteiger charge is -2.19. The second-order valence-corrected chi connectivity index (χ2v) is 5.72. The van der Waals surface area contributed by atoms with E-state index >= 15 is 0 Å². The number of carboxylic acid groups (broad SMARTS) is 1. The minimum Gasteiger partial charge on any atom is -0.481 e. The summed E-state index contributed by atoms with van der Waals surface area (Å²) in [5.74, 6) is -1.30. The van der Waals surface area contributed by atoms with Crippen LogP contribution in [0.3, 0.4) is 0 Å². The van der Waals surface area contributed by atoms with Crippen LogP contribution < -0.4 is 5.32 Å². The number of hydrogen-bond donors (Lipinski definition) is 2. The molecule has 1 amide bonds. The highest BCUT2D eigenvalue weighted by Crippen LogP contribution is 2.26. The Morgan fingerprint density at radius 1 is 1.33 bits per heavy atom. The van der Waals surface area contributed by atoms with Gasteiger partial charge in [-0.1, -0.05) is 49.2 Å². The van der Waals surface area contributed by atoms with E-state index in [0.29, 0.717) is 15.6 Å². The van der Waals surface area contributed by atoms with Crippen LogP contribution in [0, 0.1) is 5.92 Å². The molecule has 0 fully saturated rings. The second-order valence-electron chi connectivity index (χ2n) is 4.93. The molecule has 0 aliphatic heterocycles. The van der Waals surface area contributed by atoms with Crippen molar-refractivity contribution in [2.45, 2.75) is 26.3 Å². The van der Waals surface area contributed by atoms with Gasteiger partial charge in [0.15, 0.2) is 0 Å². The van der Waals surface area contributed by atoms with Gasteiger partial charge >= 0.3 is 5.97 Å². The molecule has 2 N–H and O–H groups in total. The van der Waals surface area contributed by atoms with Crippen LogP contribution in [-0.2, 0) is 9.59 Å². The second kappa shape index (κ2) is 8.05. The third-order valence-corrected chi connectivity index (χ3v) is 3.76. The molecule has 1 aromatic rings. The number of carboxylic acids is 1. The van der Waals surface area contributed by atoms with Crippen molar-refractivity contribution in [2.75, 3.05) is 0 Å². The highest BCUT2D eigenvalue weighted by atomic mass is 35.5. The highest BCUT2D eigenvalue weighted by Gasteiger charge is 2.18. The maximum atomic E-state index is 11.8. The molecule has 0 saturated carbocycles. The zero-order valence-corrected chi connectivity index (χ0v) is 13.3. The third kappa shape index (κ3) is 5.78. The van der Waals surface area contributed by atoms with Gasteiger partial charge in [0.2, 0.25) is 5.91 Å². The average Bonchev–Trinajstić information content (AvgIpc) is 2.39. The summed E-state index contributed by atoms with van der Waals surface area (Å²) in [6.07, 6.45) is 2.74. The van der Waals surface area contributed by atoms with Crippen LogP contribution in [0.15, 0.2) is 24.3 Å². The molecule has 0 radical (unpaired) electrons. The van der Waals surface area contributed by atoms with Crippen molar-refractivity contribution in [1.29, 1.82) is 0 Å². The summed E-state index contributed by atoms with van der Waals surface area (Å²) < 4.78 is 0. The SMILES string of the molecule is CC(C)C(CC(=O)O)NC(=O)/C=C/c1cccc(Cl)c1Cl. The van der Waals surface area contributed by atoms with Gasteiger partial charge in [-0.3, -0.25) is 9.59 Å². The van der Waals surface area contributed by atoms with Gasteiger partial charge in [0.25, 0.3) is 0 Å². The van der Waals surface area contributed by atoms with Crippen LogP contribution >= 0.6 is 23.2 Å². The van der Waals surface area contributed by atoms with Gasteiger partial charge in [-0.05, 0) is 23.6 Å². The predicted octanol–water partition coefficient (Wildman–Crippen LogP) is 3.62. The van der Waals surface area contributed by atoms with Gasteiger partial charge in [-0.25, -0.2) is 0 Å².